The molecule has 0 unspecified atom stereocenters. The van der Waals surface area contributed by atoms with Gasteiger partial charge in [0, 0.05) is 0 Å². The third-order valence-electron chi connectivity index (χ3n) is 0.721. The van der Waals surface area contributed by atoms with E-state index in [2.05, 4.69) is 0 Å². The molecule has 0 aromatic heterocycles. The minimum atomic E-state index is -1.46. The Morgan fingerprint density at radius 3 is 2.12 bits per heavy atom. The molecular weight excluding hydrogens is 113 g/mol. The lowest BCUT2D eigenvalue weighted by Gasteiger charge is -2.06. The summed E-state index contributed by atoms with van der Waals surface area (Å²) in [4.78, 5) is 9.58. The van der Waals surface area contributed by atoms with E-state index in [-0.39, 0.29) is 6.29 Å². The molecule has 4 nitrogen and oxygen atoms in total. The lowest BCUT2D eigenvalue weighted by Crippen LogP contribution is -2.30. The summed E-state index contributed by atoms with van der Waals surface area (Å²) < 4.78 is 0. The van der Waals surface area contributed by atoms with Crippen molar-refractivity contribution in [3.8, 4) is 0 Å². The van der Waals surface area contributed by atoms with Crippen LogP contribution in [0, 0.1) is 0 Å². The number of hydrogen-bond acceptors (Lipinski definition) is 4. The highest BCUT2D eigenvalue weighted by Crippen LogP contribution is 1.85. The van der Waals surface area contributed by atoms with Gasteiger partial charge in [-0.05, 0) is 0 Å². The molecule has 0 heterocycles. The molecular formula is C4H8O4. The van der Waals surface area contributed by atoms with Crippen molar-refractivity contribution in [1.29, 1.82) is 0 Å². The number of hydrogen-bond donors (Lipinski definition) is 3. The second-order valence-corrected chi connectivity index (χ2v) is 1.38. The van der Waals surface area contributed by atoms with Gasteiger partial charge in [0.1, 0.15) is 12.2 Å². The number of aliphatic hydroxyl groups excluding tert-OH is 3. The molecule has 0 aliphatic carbocycles. The number of aldehydes is 1. The second kappa shape index (κ2) is 3.54. The Hall–Kier alpha value is -0.450. The molecule has 0 bridgehead atoms. The average Bonchev–Trinajstić information content (AvgIpc) is 1.84. The molecule has 0 saturated heterocycles. The molecule has 4 heteroatoms. The maximum atomic E-state index is 9.58. The van der Waals surface area contributed by atoms with Crippen molar-refractivity contribution < 1.29 is 20.1 Å². The number of carbonyl (C=O) groups is 1. The van der Waals surface area contributed by atoms with Gasteiger partial charge < -0.3 is 20.1 Å². The number of aliphatic hydroxyl groups is 3. The predicted molar refractivity (Wildman–Crippen MR) is 25.2 cm³/mol. The fourth-order valence-corrected chi connectivity index (χ4v) is 0.199. The van der Waals surface area contributed by atoms with E-state index in [1.807, 2.05) is 0 Å². The summed E-state index contributed by atoms with van der Waals surface area (Å²) in [6, 6.07) is 0. The minimum Gasteiger partial charge on any atom is -0.394 e. The Labute approximate surface area is 46.4 Å². The van der Waals surface area contributed by atoms with E-state index in [0.717, 1.165) is 0 Å². The molecule has 0 fully saturated rings. The van der Waals surface area contributed by atoms with Crippen LogP contribution in [-0.4, -0.2) is 40.4 Å². The van der Waals surface area contributed by atoms with Gasteiger partial charge in [0.25, 0.3) is 0 Å². The Bertz CT molecular complexity index is 72.4. The van der Waals surface area contributed by atoms with Gasteiger partial charge in [0.2, 0.25) is 0 Å². The molecule has 0 saturated carbocycles. The van der Waals surface area contributed by atoms with E-state index in [9.17, 15) is 4.79 Å². The first-order valence-corrected chi connectivity index (χ1v) is 2.14. The first-order chi connectivity index (χ1) is 3.72. The van der Waals surface area contributed by atoms with E-state index in [4.69, 9.17) is 15.3 Å². The van der Waals surface area contributed by atoms with Crippen molar-refractivity contribution in [2.75, 3.05) is 6.61 Å². The lowest BCUT2D eigenvalue weighted by atomic mass is 10.5. The first-order valence-electron chi connectivity index (χ1n) is 2.14. The van der Waals surface area contributed by atoms with Crippen molar-refractivity contribution in [3.63, 3.8) is 0 Å². The number of carbonyl (C=O) groups excluding carboxylic acids is 1. The van der Waals surface area contributed by atoms with Crippen LogP contribution >= 0.6 is 0 Å². The maximum Gasteiger partial charge on any atom is 0.151 e. The highest BCUT2D eigenvalue weighted by molar-refractivity contribution is 5.56. The number of rotatable bonds is 3. The van der Waals surface area contributed by atoms with Gasteiger partial charge in [-0.3, -0.25) is 0 Å². The van der Waals surface area contributed by atoms with Crippen molar-refractivity contribution in [1.82, 2.24) is 0 Å². The van der Waals surface area contributed by atoms with E-state index in [1.54, 1.807) is 0 Å². The van der Waals surface area contributed by atoms with Crippen molar-refractivity contribution in [2.45, 2.75) is 12.2 Å². The van der Waals surface area contributed by atoms with Crippen LogP contribution in [0.2, 0.25) is 0 Å². The van der Waals surface area contributed by atoms with Crippen LogP contribution in [0.15, 0.2) is 0 Å². The van der Waals surface area contributed by atoms with Crippen molar-refractivity contribution in [3.05, 3.63) is 0 Å². The lowest BCUT2D eigenvalue weighted by molar-refractivity contribution is -0.121. The normalized spacial score (nSPS) is 17.4. The average molecular weight is 121 g/mol. The van der Waals surface area contributed by atoms with Crippen LogP contribution in [0.1, 0.15) is 0 Å². The fraction of sp³-hybridized carbons (Fsp3) is 0.750. The fourth-order valence-electron chi connectivity index (χ4n) is 0.199. The van der Waals surface area contributed by atoms with Crippen LogP contribution in [0.5, 0.6) is 0 Å². The molecule has 0 aromatic rings. The zero-order valence-corrected chi connectivity index (χ0v) is 4.19. The molecule has 2 atom stereocenters. The summed E-state index contributed by atoms with van der Waals surface area (Å²) in [5.74, 6) is 0. The summed E-state index contributed by atoms with van der Waals surface area (Å²) in [5.41, 5.74) is 0. The van der Waals surface area contributed by atoms with Gasteiger partial charge in [-0.2, -0.15) is 0 Å². The molecule has 0 amide bonds. The van der Waals surface area contributed by atoms with Gasteiger partial charge in [0.15, 0.2) is 6.29 Å². The smallest absolute Gasteiger partial charge is 0.151 e. The van der Waals surface area contributed by atoms with Crippen molar-refractivity contribution >= 4 is 6.29 Å². The Balaban J connectivity index is 3.44. The van der Waals surface area contributed by atoms with Crippen LogP contribution in [0.25, 0.3) is 0 Å². The highest BCUT2D eigenvalue weighted by Gasteiger charge is 2.12. The first kappa shape index (κ1) is 7.55. The van der Waals surface area contributed by atoms with Gasteiger partial charge in [0.05, 0.1) is 6.61 Å². The van der Waals surface area contributed by atoms with Crippen molar-refractivity contribution in [2.24, 2.45) is 0 Å². The quantitative estimate of drug-likeness (QED) is 0.295. The highest BCUT2D eigenvalue weighted by atomic mass is 16.4. The SMILES string of the molecule is O=C[13C@H](O)[C@H](O)CO. The maximum absolute atomic E-state index is 9.58. The predicted octanol–water partition coefficient (Wildman–Crippen LogP) is -2.10. The van der Waals surface area contributed by atoms with Crippen LogP contribution in [0.4, 0.5) is 0 Å². The summed E-state index contributed by atoms with van der Waals surface area (Å²) in [6.07, 6.45) is -2.63. The molecule has 0 aliphatic heterocycles. The van der Waals surface area contributed by atoms with Crippen LogP contribution in [-0.2, 0) is 4.79 Å². The molecule has 3 N–H and O–H groups in total. The van der Waals surface area contributed by atoms with E-state index < -0.39 is 18.8 Å². The molecule has 0 spiro atoms. The third kappa shape index (κ3) is 2.02. The summed E-state index contributed by atoms with van der Waals surface area (Å²) in [6.45, 7) is -0.597. The summed E-state index contributed by atoms with van der Waals surface area (Å²) in [5, 5.41) is 24.8. The topological polar surface area (TPSA) is 77.8 Å². The van der Waals surface area contributed by atoms with E-state index in [0.29, 0.717) is 0 Å². The zero-order chi connectivity index (χ0) is 6.57. The van der Waals surface area contributed by atoms with Gasteiger partial charge in [-0.1, -0.05) is 0 Å². The van der Waals surface area contributed by atoms with Crippen LogP contribution in [0.3, 0.4) is 0 Å². The van der Waals surface area contributed by atoms with Gasteiger partial charge >= 0.3 is 0 Å². The Morgan fingerprint density at radius 1 is 1.50 bits per heavy atom. The standard InChI is InChI=1S/C4H8O4/c5-1-3(7)4(8)2-6/h1,3-4,6-8H,2H2/t3-,4+/m0/s1/i3+1. The van der Waals surface area contributed by atoms with Crippen LogP contribution < -0.4 is 0 Å². The Kier molecular flexibility index (Phi) is 3.34. The second-order valence-electron chi connectivity index (χ2n) is 1.38. The van der Waals surface area contributed by atoms with E-state index >= 15 is 0 Å². The molecule has 0 aliphatic rings. The van der Waals surface area contributed by atoms with E-state index in [1.165, 1.54) is 0 Å². The Morgan fingerprint density at radius 2 is 2.00 bits per heavy atom. The van der Waals surface area contributed by atoms with Gasteiger partial charge in [-0.15, -0.1) is 0 Å². The summed E-state index contributed by atoms with van der Waals surface area (Å²) in [7, 11) is 0. The molecule has 8 heavy (non-hydrogen) atoms. The monoisotopic (exact) mass is 121 g/mol. The molecule has 0 radical (unpaired) electrons. The molecule has 0 aromatic carbocycles. The zero-order valence-electron chi connectivity index (χ0n) is 4.19. The van der Waals surface area contributed by atoms with Gasteiger partial charge in [-0.25, -0.2) is 0 Å². The summed E-state index contributed by atoms with van der Waals surface area (Å²) >= 11 is 0. The largest absolute Gasteiger partial charge is 0.394 e. The molecule has 0 rings (SSSR count). The third-order valence-corrected chi connectivity index (χ3v) is 0.721. The minimum absolute atomic E-state index is 0.168. The molecule has 48 valence electrons.